The predicted molar refractivity (Wildman–Crippen MR) is 115 cm³/mol. The number of hydrogen-bond donors (Lipinski definition) is 1. The Morgan fingerprint density at radius 1 is 0.968 bits per heavy atom. The van der Waals surface area contributed by atoms with Crippen LogP contribution < -0.4 is 24.4 Å². The highest BCUT2D eigenvalue weighted by atomic mass is 16.5. The summed E-state index contributed by atoms with van der Waals surface area (Å²) in [7, 11) is 4.73. The molecule has 10 heteroatoms. The van der Waals surface area contributed by atoms with Crippen LogP contribution in [0.3, 0.4) is 0 Å². The van der Waals surface area contributed by atoms with Crippen LogP contribution in [0.25, 0.3) is 11.2 Å². The minimum atomic E-state index is -0.255. The number of ether oxygens (including phenoxy) is 3. The second-order valence-electron chi connectivity index (χ2n) is 7.10. The third-order valence-corrected chi connectivity index (χ3v) is 5.14. The summed E-state index contributed by atoms with van der Waals surface area (Å²) in [5.41, 5.74) is 1.92. The lowest BCUT2D eigenvalue weighted by molar-refractivity contribution is 0.208. The van der Waals surface area contributed by atoms with E-state index in [1.807, 2.05) is 25.1 Å². The van der Waals surface area contributed by atoms with E-state index in [0.29, 0.717) is 43.2 Å². The number of methoxy groups -OCH3 is 3. The maximum atomic E-state index is 12.8. The number of hydrogen-bond acceptors (Lipinski definition) is 8. The molecule has 0 bridgehead atoms. The van der Waals surface area contributed by atoms with Crippen LogP contribution in [0, 0.1) is 6.92 Å². The highest BCUT2D eigenvalue weighted by molar-refractivity contribution is 5.91. The average Bonchev–Trinajstić information content (AvgIpc) is 3.16. The van der Waals surface area contributed by atoms with Gasteiger partial charge in [0, 0.05) is 56.1 Å². The van der Waals surface area contributed by atoms with Gasteiger partial charge in [0.05, 0.1) is 21.3 Å². The monoisotopic (exact) mass is 427 g/mol. The molecule has 164 valence electrons. The fourth-order valence-electron chi connectivity index (χ4n) is 3.51. The fraction of sp³-hybridized carbons (Fsp3) is 0.381. The Hall–Kier alpha value is -3.69. The zero-order valence-corrected chi connectivity index (χ0v) is 18.0. The van der Waals surface area contributed by atoms with E-state index in [1.54, 1.807) is 25.2 Å². The molecular weight excluding hydrogens is 402 g/mol. The van der Waals surface area contributed by atoms with Gasteiger partial charge in [-0.3, -0.25) is 5.32 Å². The van der Waals surface area contributed by atoms with Crippen molar-refractivity contribution in [2.24, 2.45) is 0 Å². The number of aryl methyl sites for hydroxylation is 1. The molecule has 3 heterocycles. The zero-order valence-electron chi connectivity index (χ0n) is 18.0. The summed E-state index contributed by atoms with van der Waals surface area (Å²) in [6, 6.07) is 7.26. The molecule has 1 aliphatic heterocycles. The number of nitrogens with zero attached hydrogens (tertiary/aromatic N) is 4. The topological polar surface area (TPSA) is 102 Å². The van der Waals surface area contributed by atoms with Crippen LogP contribution in [0.4, 0.5) is 16.3 Å². The normalized spacial score (nSPS) is 13.9. The maximum Gasteiger partial charge on any atom is 0.323 e. The van der Waals surface area contributed by atoms with Crippen molar-refractivity contribution in [1.82, 2.24) is 14.9 Å². The average molecular weight is 427 g/mol. The minimum Gasteiger partial charge on any atom is -0.497 e. The molecule has 1 saturated heterocycles. The number of nitrogens with one attached hydrogen (secondary N) is 1. The first-order valence-electron chi connectivity index (χ1n) is 9.87. The lowest BCUT2D eigenvalue weighted by atomic mass is 10.2. The molecule has 0 atom stereocenters. The summed E-state index contributed by atoms with van der Waals surface area (Å²) >= 11 is 0. The van der Waals surface area contributed by atoms with Crippen molar-refractivity contribution in [1.29, 1.82) is 0 Å². The summed E-state index contributed by atoms with van der Waals surface area (Å²) < 4.78 is 21.5. The summed E-state index contributed by atoms with van der Waals surface area (Å²) in [5, 5.41) is 2.81. The molecule has 0 unspecified atom stereocenters. The number of benzene rings is 1. The Morgan fingerprint density at radius 2 is 1.65 bits per heavy atom. The van der Waals surface area contributed by atoms with Gasteiger partial charge in [0.1, 0.15) is 22.8 Å². The molecule has 0 aliphatic carbocycles. The van der Waals surface area contributed by atoms with Crippen molar-refractivity contribution in [2.45, 2.75) is 6.92 Å². The number of piperazine rings is 1. The van der Waals surface area contributed by atoms with Crippen molar-refractivity contribution < 1.29 is 23.4 Å². The molecule has 1 aromatic carbocycles. The van der Waals surface area contributed by atoms with Gasteiger partial charge in [-0.25, -0.2) is 9.78 Å². The number of carbonyl (C=O) groups is 1. The lowest BCUT2D eigenvalue weighted by Crippen LogP contribution is -2.50. The maximum absolute atomic E-state index is 12.8. The molecule has 4 rings (SSSR count). The van der Waals surface area contributed by atoms with E-state index in [1.165, 1.54) is 7.11 Å². The van der Waals surface area contributed by atoms with Crippen LogP contribution in [-0.2, 0) is 0 Å². The van der Waals surface area contributed by atoms with Gasteiger partial charge in [-0.05, 0) is 6.92 Å². The van der Waals surface area contributed by atoms with E-state index in [0.717, 1.165) is 17.2 Å². The highest BCUT2D eigenvalue weighted by Crippen LogP contribution is 2.29. The smallest absolute Gasteiger partial charge is 0.323 e. The molecule has 31 heavy (non-hydrogen) atoms. The minimum absolute atomic E-state index is 0.206. The summed E-state index contributed by atoms with van der Waals surface area (Å²) in [4.78, 5) is 25.5. The van der Waals surface area contributed by atoms with Crippen LogP contribution in [0.1, 0.15) is 5.76 Å². The van der Waals surface area contributed by atoms with Crippen molar-refractivity contribution in [3.05, 3.63) is 30.0 Å². The summed E-state index contributed by atoms with van der Waals surface area (Å²) in [6.45, 7) is 4.26. The van der Waals surface area contributed by atoms with Gasteiger partial charge in [0.15, 0.2) is 5.82 Å². The molecule has 3 aromatic rings. The van der Waals surface area contributed by atoms with Crippen LogP contribution in [0.15, 0.2) is 28.7 Å². The molecular formula is C21H25N5O5. The number of amides is 2. The molecule has 0 saturated carbocycles. The quantitative estimate of drug-likeness (QED) is 0.663. The second-order valence-corrected chi connectivity index (χ2v) is 7.10. The van der Waals surface area contributed by atoms with Gasteiger partial charge < -0.3 is 28.4 Å². The number of aromatic nitrogens is 2. The molecule has 0 spiro atoms. The first-order chi connectivity index (χ1) is 15.0. The predicted octanol–water partition coefficient (Wildman–Crippen LogP) is 2.91. The van der Waals surface area contributed by atoms with E-state index >= 15 is 0 Å². The number of rotatable bonds is 5. The molecule has 1 fully saturated rings. The lowest BCUT2D eigenvalue weighted by Gasteiger charge is -2.36. The van der Waals surface area contributed by atoms with Crippen LogP contribution >= 0.6 is 0 Å². The third-order valence-electron chi connectivity index (χ3n) is 5.14. The van der Waals surface area contributed by atoms with Crippen LogP contribution in [0.2, 0.25) is 0 Å². The molecule has 2 amide bonds. The Morgan fingerprint density at radius 3 is 2.26 bits per heavy atom. The van der Waals surface area contributed by atoms with Crippen molar-refractivity contribution in [2.75, 3.05) is 57.7 Å². The molecule has 1 aliphatic rings. The summed E-state index contributed by atoms with van der Waals surface area (Å²) in [5.74, 6) is 2.61. The van der Waals surface area contributed by atoms with E-state index < -0.39 is 0 Å². The largest absolute Gasteiger partial charge is 0.497 e. The third kappa shape index (κ3) is 4.27. The number of furan rings is 1. The number of anilines is 2. The summed E-state index contributed by atoms with van der Waals surface area (Å²) in [6.07, 6.45) is 0. The Kier molecular flexibility index (Phi) is 5.70. The van der Waals surface area contributed by atoms with Gasteiger partial charge in [-0.2, -0.15) is 4.98 Å². The fourth-order valence-corrected chi connectivity index (χ4v) is 3.51. The Balaban J connectivity index is 1.44. The van der Waals surface area contributed by atoms with Crippen molar-refractivity contribution >= 4 is 28.8 Å². The van der Waals surface area contributed by atoms with Crippen LogP contribution in [-0.4, -0.2) is 68.4 Å². The van der Waals surface area contributed by atoms with Gasteiger partial charge in [-0.15, -0.1) is 0 Å². The number of carbonyl (C=O) groups excluding carboxylic acids is 1. The van der Waals surface area contributed by atoms with Crippen molar-refractivity contribution in [3.8, 4) is 17.4 Å². The van der Waals surface area contributed by atoms with Crippen LogP contribution in [0.5, 0.6) is 17.4 Å². The second kappa shape index (κ2) is 8.58. The van der Waals surface area contributed by atoms with E-state index in [-0.39, 0.29) is 17.7 Å². The first kappa shape index (κ1) is 20.6. The standard InChI is InChI=1S/C21H25N5O5/c1-13-9-17-19(31-13)24-20(30-4)18(22-17)23-21(27)26-7-5-25(6-8-26)14-10-15(28-2)12-16(11-14)29-3/h9-12H,5-8H2,1-4H3,(H,22,23,27). The zero-order chi connectivity index (χ0) is 22.0. The van der Waals surface area contributed by atoms with E-state index in [4.69, 9.17) is 18.6 Å². The number of urea groups is 1. The Bertz CT molecular complexity index is 1070. The highest BCUT2D eigenvalue weighted by Gasteiger charge is 2.24. The SMILES string of the molecule is COc1cc(OC)cc(N2CCN(C(=O)Nc3nc4cc(C)oc4nc3OC)CC2)c1. The molecule has 10 nitrogen and oxygen atoms in total. The van der Waals surface area contributed by atoms with Gasteiger partial charge in [0.25, 0.3) is 5.88 Å². The van der Waals surface area contributed by atoms with Gasteiger partial charge in [-0.1, -0.05) is 0 Å². The van der Waals surface area contributed by atoms with E-state index in [2.05, 4.69) is 20.2 Å². The number of fused-ring (bicyclic) bond motifs is 1. The molecule has 0 radical (unpaired) electrons. The van der Waals surface area contributed by atoms with Crippen molar-refractivity contribution in [3.63, 3.8) is 0 Å². The molecule has 2 aromatic heterocycles. The van der Waals surface area contributed by atoms with Gasteiger partial charge >= 0.3 is 6.03 Å². The molecule has 1 N–H and O–H groups in total. The first-order valence-corrected chi connectivity index (χ1v) is 9.87. The van der Waals surface area contributed by atoms with E-state index in [9.17, 15) is 4.79 Å². The Labute approximate surface area is 179 Å². The van der Waals surface area contributed by atoms with Gasteiger partial charge in [0.2, 0.25) is 5.71 Å².